The summed E-state index contributed by atoms with van der Waals surface area (Å²) in [5.74, 6) is 1.49. The minimum Gasteiger partial charge on any atom is -0.487 e. The minimum atomic E-state index is 0.105. The van der Waals surface area contributed by atoms with Crippen LogP contribution in [0.2, 0.25) is 5.02 Å². The highest BCUT2D eigenvalue weighted by Gasteiger charge is 2.29. The molecule has 2 rings (SSSR count). The highest BCUT2D eigenvalue weighted by Crippen LogP contribution is 2.31. The molecule has 94 valence electrons. The van der Waals surface area contributed by atoms with E-state index in [4.69, 9.17) is 22.1 Å². The van der Waals surface area contributed by atoms with Gasteiger partial charge >= 0.3 is 0 Å². The lowest BCUT2D eigenvalue weighted by Gasteiger charge is -2.34. The van der Waals surface area contributed by atoms with E-state index in [-0.39, 0.29) is 12.1 Å². The van der Waals surface area contributed by atoms with Gasteiger partial charge in [0.15, 0.2) is 0 Å². The molecular formula is C14H20ClNO. The van der Waals surface area contributed by atoms with E-state index in [9.17, 15) is 0 Å². The summed E-state index contributed by atoms with van der Waals surface area (Å²) in [5, 5.41) is 0.665. The van der Waals surface area contributed by atoms with E-state index in [2.05, 4.69) is 6.92 Å². The molecule has 2 N–H and O–H groups in total. The van der Waals surface area contributed by atoms with Crippen LogP contribution in [0.25, 0.3) is 0 Å². The lowest BCUT2D eigenvalue weighted by atomic mass is 9.83. The molecule has 1 saturated carbocycles. The Morgan fingerprint density at radius 1 is 1.35 bits per heavy atom. The van der Waals surface area contributed by atoms with Crippen molar-refractivity contribution in [2.75, 3.05) is 0 Å². The molecule has 1 aliphatic carbocycles. The van der Waals surface area contributed by atoms with Crippen LogP contribution >= 0.6 is 11.6 Å². The molecule has 1 aromatic rings. The molecule has 0 radical (unpaired) electrons. The van der Waals surface area contributed by atoms with Crippen molar-refractivity contribution in [2.45, 2.75) is 44.8 Å². The summed E-state index contributed by atoms with van der Waals surface area (Å²) in [4.78, 5) is 0. The Hall–Kier alpha value is -0.730. The minimum absolute atomic E-state index is 0.105. The van der Waals surface area contributed by atoms with Crippen molar-refractivity contribution in [2.24, 2.45) is 11.7 Å². The molecule has 3 unspecified atom stereocenters. The van der Waals surface area contributed by atoms with Crippen molar-refractivity contribution < 1.29 is 4.74 Å². The first-order valence-electron chi connectivity index (χ1n) is 6.37. The summed E-state index contributed by atoms with van der Waals surface area (Å²) in [5.41, 5.74) is 6.13. The van der Waals surface area contributed by atoms with Crippen LogP contribution in [-0.2, 0) is 0 Å². The molecule has 0 spiro atoms. The average molecular weight is 254 g/mol. The van der Waals surface area contributed by atoms with Gasteiger partial charge in [-0.1, -0.05) is 37.1 Å². The van der Waals surface area contributed by atoms with Gasteiger partial charge in [-0.3, -0.25) is 0 Å². The van der Waals surface area contributed by atoms with Gasteiger partial charge in [0, 0.05) is 6.04 Å². The third-order valence-corrected chi connectivity index (χ3v) is 3.96. The summed E-state index contributed by atoms with van der Waals surface area (Å²) in [6.07, 6.45) is 4.62. The maximum Gasteiger partial charge on any atom is 0.138 e. The van der Waals surface area contributed by atoms with E-state index in [1.807, 2.05) is 24.3 Å². The molecule has 2 nitrogen and oxygen atoms in total. The van der Waals surface area contributed by atoms with Gasteiger partial charge in [0.2, 0.25) is 0 Å². The van der Waals surface area contributed by atoms with Crippen LogP contribution in [0.5, 0.6) is 5.75 Å². The standard InChI is InChI=1S/C14H20ClNO/c1-2-10-7-8-12(16)14(9-10)17-13-6-4-3-5-11(13)15/h3-6,10,12,14H,2,7-9,16H2,1H3. The first kappa shape index (κ1) is 12.7. The van der Waals surface area contributed by atoms with Crippen LogP contribution in [0.15, 0.2) is 24.3 Å². The molecule has 0 bridgehead atoms. The Kier molecular flexibility index (Phi) is 4.30. The number of rotatable bonds is 3. The molecule has 1 fully saturated rings. The molecule has 17 heavy (non-hydrogen) atoms. The topological polar surface area (TPSA) is 35.2 Å². The number of nitrogens with two attached hydrogens (primary N) is 1. The van der Waals surface area contributed by atoms with E-state index in [1.54, 1.807) is 0 Å². The van der Waals surface area contributed by atoms with Crippen molar-refractivity contribution in [3.05, 3.63) is 29.3 Å². The van der Waals surface area contributed by atoms with E-state index >= 15 is 0 Å². The quantitative estimate of drug-likeness (QED) is 0.893. The normalized spacial score (nSPS) is 29.0. The van der Waals surface area contributed by atoms with Crippen molar-refractivity contribution >= 4 is 11.6 Å². The zero-order valence-corrected chi connectivity index (χ0v) is 11.0. The van der Waals surface area contributed by atoms with Gasteiger partial charge in [-0.25, -0.2) is 0 Å². The van der Waals surface area contributed by atoms with Gasteiger partial charge in [0.1, 0.15) is 11.9 Å². The number of ether oxygens (including phenoxy) is 1. The molecule has 0 aliphatic heterocycles. The van der Waals surface area contributed by atoms with E-state index < -0.39 is 0 Å². The Balaban J connectivity index is 2.04. The second-order valence-corrected chi connectivity index (χ2v) is 5.25. The maximum atomic E-state index is 6.13. The SMILES string of the molecule is CCC1CCC(N)C(Oc2ccccc2Cl)C1. The zero-order valence-electron chi connectivity index (χ0n) is 10.2. The van der Waals surface area contributed by atoms with Gasteiger partial charge in [-0.05, 0) is 37.3 Å². The Morgan fingerprint density at radius 3 is 2.82 bits per heavy atom. The third-order valence-electron chi connectivity index (χ3n) is 3.64. The monoisotopic (exact) mass is 253 g/mol. The lowest BCUT2D eigenvalue weighted by Crippen LogP contribution is -2.43. The van der Waals surface area contributed by atoms with Crippen LogP contribution in [0.3, 0.4) is 0 Å². The molecule has 0 amide bonds. The second kappa shape index (κ2) is 5.74. The molecule has 3 atom stereocenters. The number of para-hydroxylation sites is 1. The van der Waals surface area contributed by atoms with E-state index in [0.717, 1.165) is 24.5 Å². The van der Waals surface area contributed by atoms with Gasteiger partial charge in [0.25, 0.3) is 0 Å². The summed E-state index contributed by atoms with van der Waals surface area (Å²) in [6, 6.07) is 7.74. The number of hydrogen-bond donors (Lipinski definition) is 1. The van der Waals surface area contributed by atoms with Gasteiger partial charge < -0.3 is 10.5 Å². The second-order valence-electron chi connectivity index (χ2n) is 4.84. The fourth-order valence-electron chi connectivity index (χ4n) is 2.44. The summed E-state index contributed by atoms with van der Waals surface area (Å²) in [6.45, 7) is 2.23. The molecule has 0 heterocycles. The van der Waals surface area contributed by atoms with Crippen molar-refractivity contribution in [3.8, 4) is 5.75 Å². The molecular weight excluding hydrogens is 234 g/mol. The van der Waals surface area contributed by atoms with Crippen LogP contribution in [0.4, 0.5) is 0 Å². The molecule has 1 aliphatic rings. The number of hydrogen-bond acceptors (Lipinski definition) is 2. The predicted molar refractivity (Wildman–Crippen MR) is 71.5 cm³/mol. The van der Waals surface area contributed by atoms with Gasteiger partial charge in [0.05, 0.1) is 5.02 Å². The maximum absolute atomic E-state index is 6.13. The Labute approximate surface area is 108 Å². The first-order valence-corrected chi connectivity index (χ1v) is 6.75. The van der Waals surface area contributed by atoms with Crippen LogP contribution < -0.4 is 10.5 Å². The van der Waals surface area contributed by atoms with Crippen molar-refractivity contribution in [3.63, 3.8) is 0 Å². The highest BCUT2D eigenvalue weighted by atomic mass is 35.5. The van der Waals surface area contributed by atoms with Crippen molar-refractivity contribution in [1.29, 1.82) is 0 Å². The van der Waals surface area contributed by atoms with Gasteiger partial charge in [-0.2, -0.15) is 0 Å². The molecule has 3 heteroatoms. The highest BCUT2D eigenvalue weighted by molar-refractivity contribution is 6.32. The van der Waals surface area contributed by atoms with Crippen molar-refractivity contribution in [1.82, 2.24) is 0 Å². The summed E-state index contributed by atoms with van der Waals surface area (Å²) < 4.78 is 5.97. The summed E-state index contributed by atoms with van der Waals surface area (Å²) >= 11 is 6.10. The molecule has 0 saturated heterocycles. The van der Waals surface area contributed by atoms with E-state index in [1.165, 1.54) is 12.8 Å². The fourth-order valence-corrected chi connectivity index (χ4v) is 2.63. The van der Waals surface area contributed by atoms with E-state index in [0.29, 0.717) is 5.02 Å². The first-order chi connectivity index (χ1) is 8.20. The summed E-state index contributed by atoms with van der Waals surface area (Å²) in [7, 11) is 0. The van der Waals surface area contributed by atoms with Crippen LogP contribution in [-0.4, -0.2) is 12.1 Å². The number of halogens is 1. The molecule has 0 aromatic heterocycles. The Morgan fingerprint density at radius 2 is 2.12 bits per heavy atom. The smallest absolute Gasteiger partial charge is 0.138 e. The third kappa shape index (κ3) is 3.14. The average Bonchev–Trinajstić information content (AvgIpc) is 2.35. The Bertz CT molecular complexity index is 369. The van der Waals surface area contributed by atoms with Crippen LogP contribution in [0.1, 0.15) is 32.6 Å². The van der Waals surface area contributed by atoms with Gasteiger partial charge in [-0.15, -0.1) is 0 Å². The molecule has 1 aromatic carbocycles. The van der Waals surface area contributed by atoms with Crippen LogP contribution in [0, 0.1) is 5.92 Å². The largest absolute Gasteiger partial charge is 0.487 e. The fraction of sp³-hybridized carbons (Fsp3) is 0.571. The predicted octanol–water partition coefficient (Wildman–Crippen LogP) is 3.62. The zero-order chi connectivity index (χ0) is 12.3. The lowest BCUT2D eigenvalue weighted by molar-refractivity contribution is 0.101. The number of benzene rings is 1.